The molecule has 4 N–H and O–H groups in total. The Morgan fingerprint density at radius 1 is 1.22 bits per heavy atom. The number of aromatic nitrogens is 2. The lowest BCUT2D eigenvalue weighted by molar-refractivity contribution is 0.471. The number of aliphatic hydroxyl groups is 1. The maximum Gasteiger partial charge on any atom is 0.160 e. The van der Waals surface area contributed by atoms with Crippen LogP contribution in [0.25, 0.3) is 0 Å². The van der Waals surface area contributed by atoms with Gasteiger partial charge in [-0.25, -0.2) is 8.51 Å². The highest BCUT2D eigenvalue weighted by molar-refractivity contribution is 8.17. The maximum atomic E-state index is 11.7. The van der Waals surface area contributed by atoms with Crippen LogP contribution in [0.5, 0.6) is 0 Å². The standard InChI is InChI=1S/C9H9N3S.C9H17NO2S2.C4H10.2C2H6.CH5N/c1-2-4-8(5-3-1)6-10-9-7-11-13-12-9;1-4-6-7-10(3)14(12)9(8-11)13-5-2;1-4(2)3;3*1-2/h1-5,7H,6H2,(H,10,12);5,8,11H,2,4,6-7H2,1,3H3;4H,1-3H3;2*1-2H3;2H2,1H3/b;9-8-;;;;. The molecule has 1 atom stereocenters. The Bertz CT molecular complexity index is 741. The Balaban J connectivity index is -0.000000219. The number of hydrogen-bond acceptors (Lipinski definition) is 8. The SMILES string of the molecule is C=CS/C(=C/O)S(=O)N(C)CCCC.CC.CC.CC(C)C.CN.c1ccc(CNc2cnsn2)cc1. The molecule has 0 saturated carbocycles. The largest absolute Gasteiger partial charge is 0.514 e. The zero-order valence-electron chi connectivity index (χ0n) is 24.7. The molecule has 0 amide bonds. The van der Waals surface area contributed by atoms with Gasteiger partial charge in [-0.15, -0.1) is 0 Å². The normalized spacial score (nSPS) is 10.4. The van der Waals surface area contributed by atoms with Gasteiger partial charge < -0.3 is 16.2 Å². The van der Waals surface area contributed by atoms with Gasteiger partial charge in [-0.05, 0) is 30.4 Å². The van der Waals surface area contributed by atoms with Crippen LogP contribution in [0.3, 0.4) is 0 Å². The first-order chi connectivity index (χ1) is 17.8. The van der Waals surface area contributed by atoms with Gasteiger partial charge in [-0.1, -0.05) is 110 Å². The smallest absolute Gasteiger partial charge is 0.160 e. The quantitative estimate of drug-likeness (QED) is 0.246. The second-order valence-electron chi connectivity index (χ2n) is 7.05. The Labute approximate surface area is 239 Å². The van der Waals surface area contributed by atoms with E-state index in [4.69, 9.17) is 5.11 Å². The highest BCUT2D eigenvalue weighted by atomic mass is 32.2. The zero-order valence-corrected chi connectivity index (χ0v) is 27.2. The van der Waals surface area contributed by atoms with Crippen molar-refractivity contribution in [3.05, 3.63) is 64.6 Å². The average molecular weight is 576 g/mol. The third-order valence-electron chi connectivity index (χ3n) is 3.26. The second kappa shape index (κ2) is 34.3. The first kappa shape index (κ1) is 42.4. The minimum Gasteiger partial charge on any atom is -0.514 e. The zero-order chi connectivity index (χ0) is 29.5. The van der Waals surface area contributed by atoms with Crippen LogP contribution in [0.4, 0.5) is 5.82 Å². The van der Waals surface area contributed by atoms with E-state index in [1.165, 1.54) is 36.1 Å². The number of benzene rings is 1. The second-order valence-corrected chi connectivity index (χ2v) is 10.4. The number of unbranched alkanes of at least 4 members (excludes halogenated alkanes) is 1. The van der Waals surface area contributed by atoms with Crippen LogP contribution in [0.2, 0.25) is 0 Å². The van der Waals surface area contributed by atoms with Crippen molar-refractivity contribution >= 4 is 40.3 Å². The number of anilines is 1. The Hall–Kier alpha value is -1.72. The summed E-state index contributed by atoms with van der Waals surface area (Å²) >= 11 is 2.39. The summed E-state index contributed by atoms with van der Waals surface area (Å²) in [5.41, 5.74) is 5.75. The molecular formula is C27H53N5O2S3. The lowest BCUT2D eigenvalue weighted by atomic mass is 10.2. The van der Waals surface area contributed by atoms with Crippen molar-refractivity contribution in [1.29, 1.82) is 0 Å². The molecule has 1 aromatic carbocycles. The van der Waals surface area contributed by atoms with Crippen LogP contribution in [0.15, 0.2) is 59.0 Å². The molecule has 0 radical (unpaired) electrons. The van der Waals surface area contributed by atoms with E-state index in [9.17, 15) is 4.21 Å². The minimum absolute atomic E-state index is 0.415. The molecule has 37 heavy (non-hydrogen) atoms. The van der Waals surface area contributed by atoms with Gasteiger partial charge in [-0.3, -0.25) is 0 Å². The Morgan fingerprint density at radius 3 is 2.16 bits per heavy atom. The van der Waals surface area contributed by atoms with Gasteiger partial charge in [0.05, 0.1) is 17.9 Å². The molecule has 2 rings (SSSR count). The molecule has 0 bridgehead atoms. The number of thioether (sulfide) groups is 1. The highest BCUT2D eigenvalue weighted by Gasteiger charge is 2.12. The molecule has 1 aromatic heterocycles. The summed E-state index contributed by atoms with van der Waals surface area (Å²) in [6.45, 7) is 21.7. The molecular weight excluding hydrogens is 523 g/mol. The van der Waals surface area contributed by atoms with Gasteiger partial charge in [0, 0.05) is 20.1 Å². The van der Waals surface area contributed by atoms with E-state index in [0.29, 0.717) is 4.24 Å². The number of nitrogens with two attached hydrogens (primary N) is 1. The van der Waals surface area contributed by atoms with Crippen LogP contribution in [-0.2, 0) is 17.5 Å². The van der Waals surface area contributed by atoms with Crippen molar-refractivity contribution in [2.45, 2.75) is 74.8 Å². The van der Waals surface area contributed by atoms with Crippen molar-refractivity contribution in [1.82, 2.24) is 13.1 Å². The predicted octanol–water partition coefficient (Wildman–Crippen LogP) is 8.06. The van der Waals surface area contributed by atoms with Gasteiger partial charge in [0.25, 0.3) is 0 Å². The number of aliphatic hydroxyl groups excluding tert-OH is 1. The van der Waals surface area contributed by atoms with Crippen molar-refractivity contribution in [2.24, 2.45) is 11.7 Å². The summed E-state index contributed by atoms with van der Waals surface area (Å²) in [5, 5.41) is 13.6. The first-order valence-corrected chi connectivity index (χ1v) is 15.4. The van der Waals surface area contributed by atoms with E-state index in [-0.39, 0.29) is 0 Å². The van der Waals surface area contributed by atoms with Crippen LogP contribution in [0, 0.1) is 5.92 Å². The molecule has 0 aliphatic carbocycles. The molecule has 1 unspecified atom stereocenters. The lowest BCUT2D eigenvalue weighted by Gasteiger charge is -2.15. The summed E-state index contributed by atoms with van der Waals surface area (Å²) in [4.78, 5) is 0. The molecule has 10 heteroatoms. The fraction of sp³-hybridized carbons (Fsp3) is 0.556. The van der Waals surface area contributed by atoms with E-state index < -0.39 is 11.0 Å². The molecule has 7 nitrogen and oxygen atoms in total. The van der Waals surface area contributed by atoms with Crippen molar-refractivity contribution in [3.63, 3.8) is 0 Å². The average Bonchev–Trinajstić information content (AvgIpc) is 3.47. The third kappa shape index (κ3) is 28.7. The summed E-state index contributed by atoms with van der Waals surface area (Å²) < 4.78 is 21.8. The Kier molecular flexibility index (Phi) is 39.3. The van der Waals surface area contributed by atoms with Gasteiger partial charge in [-0.2, -0.15) is 8.75 Å². The van der Waals surface area contributed by atoms with Crippen LogP contribution in [0.1, 0.15) is 73.8 Å². The summed E-state index contributed by atoms with van der Waals surface area (Å²) in [7, 11) is 2.01. The number of hydrogen-bond donors (Lipinski definition) is 3. The molecule has 0 aliphatic heterocycles. The van der Waals surface area contributed by atoms with Crippen LogP contribution in [-0.4, -0.2) is 43.0 Å². The monoisotopic (exact) mass is 575 g/mol. The van der Waals surface area contributed by atoms with Crippen LogP contribution < -0.4 is 11.1 Å². The highest BCUT2D eigenvalue weighted by Crippen LogP contribution is 2.21. The van der Waals surface area contributed by atoms with E-state index >= 15 is 0 Å². The van der Waals surface area contributed by atoms with Crippen molar-refractivity contribution in [3.8, 4) is 0 Å². The molecule has 2 aromatic rings. The fourth-order valence-corrected chi connectivity index (χ4v) is 4.07. The van der Waals surface area contributed by atoms with Gasteiger partial charge in [0.1, 0.15) is 21.5 Å². The minimum atomic E-state index is -1.27. The van der Waals surface area contributed by atoms with Crippen LogP contribution >= 0.6 is 23.5 Å². The van der Waals surface area contributed by atoms with E-state index in [2.05, 4.69) is 66.2 Å². The fourth-order valence-electron chi connectivity index (χ4n) is 1.85. The molecule has 0 spiro atoms. The van der Waals surface area contributed by atoms with Gasteiger partial charge in [0.15, 0.2) is 5.82 Å². The van der Waals surface area contributed by atoms with E-state index in [1.54, 1.807) is 23.0 Å². The first-order valence-electron chi connectivity index (χ1n) is 12.7. The molecule has 0 fully saturated rings. The summed E-state index contributed by atoms with van der Waals surface area (Å²) in [6, 6.07) is 10.2. The maximum absolute atomic E-state index is 11.7. The number of nitrogens with zero attached hydrogens (tertiary/aromatic N) is 3. The molecule has 1 heterocycles. The molecule has 0 aliphatic rings. The number of rotatable bonds is 10. The molecule has 216 valence electrons. The van der Waals surface area contributed by atoms with Crippen molar-refractivity contribution in [2.75, 3.05) is 26.0 Å². The van der Waals surface area contributed by atoms with E-state index in [0.717, 1.165) is 43.9 Å². The van der Waals surface area contributed by atoms with Gasteiger partial charge >= 0.3 is 0 Å². The van der Waals surface area contributed by atoms with E-state index in [1.807, 2.05) is 45.9 Å². The third-order valence-corrected chi connectivity index (χ3v) is 6.16. The number of nitrogens with one attached hydrogen (secondary N) is 1. The topological polar surface area (TPSA) is 104 Å². The van der Waals surface area contributed by atoms with Crippen molar-refractivity contribution < 1.29 is 9.32 Å². The van der Waals surface area contributed by atoms with Gasteiger partial charge in [0.2, 0.25) is 0 Å². The predicted molar refractivity (Wildman–Crippen MR) is 171 cm³/mol. The Morgan fingerprint density at radius 2 is 1.76 bits per heavy atom. The summed E-state index contributed by atoms with van der Waals surface area (Å²) in [5.74, 6) is 1.67. The lowest BCUT2D eigenvalue weighted by Crippen LogP contribution is -2.22. The summed E-state index contributed by atoms with van der Waals surface area (Å²) in [6.07, 6.45) is 4.67. The molecule has 0 saturated heterocycles.